The summed E-state index contributed by atoms with van der Waals surface area (Å²) in [7, 11) is 0. The third kappa shape index (κ3) is 7.14. The fraction of sp³-hybridized carbons (Fsp3) is 0.312. The van der Waals surface area contributed by atoms with Gasteiger partial charge in [-0.3, -0.25) is 9.69 Å². The van der Waals surface area contributed by atoms with Gasteiger partial charge in [-0.2, -0.15) is 5.26 Å². The molecule has 0 aromatic heterocycles. The number of carbonyl (C=O) groups is 1. The SMILES string of the molecule is C[C@@H]1CC(CC(=O)NC(c2ccc(F)cc2)c2ccc(F)cc2)C[C@H](C)N1C/C=C/c1ccc(C#N)cc1. The molecule has 4 nitrogen and oxygen atoms in total. The van der Waals surface area contributed by atoms with Crippen LogP contribution in [0.2, 0.25) is 0 Å². The van der Waals surface area contributed by atoms with E-state index in [1.54, 1.807) is 24.3 Å². The van der Waals surface area contributed by atoms with E-state index in [9.17, 15) is 13.6 Å². The third-order valence-corrected chi connectivity index (χ3v) is 7.33. The van der Waals surface area contributed by atoms with Crippen LogP contribution in [-0.2, 0) is 4.79 Å². The van der Waals surface area contributed by atoms with Crippen molar-refractivity contribution in [2.75, 3.05) is 6.54 Å². The second-order valence-electron chi connectivity index (χ2n) is 10.2. The van der Waals surface area contributed by atoms with Gasteiger partial charge >= 0.3 is 0 Å². The highest BCUT2D eigenvalue weighted by molar-refractivity contribution is 5.77. The van der Waals surface area contributed by atoms with E-state index in [4.69, 9.17) is 5.26 Å². The van der Waals surface area contributed by atoms with Crippen molar-refractivity contribution in [1.29, 1.82) is 5.26 Å². The third-order valence-electron chi connectivity index (χ3n) is 7.33. The number of likely N-dealkylation sites (tertiary alicyclic amines) is 1. The maximum Gasteiger partial charge on any atom is 0.221 e. The zero-order chi connectivity index (χ0) is 27.1. The summed E-state index contributed by atoms with van der Waals surface area (Å²) < 4.78 is 27.0. The van der Waals surface area contributed by atoms with Gasteiger partial charge in [0.05, 0.1) is 17.7 Å². The second kappa shape index (κ2) is 12.6. The maximum absolute atomic E-state index is 13.5. The van der Waals surface area contributed by atoms with Gasteiger partial charge in [-0.25, -0.2) is 8.78 Å². The zero-order valence-corrected chi connectivity index (χ0v) is 21.8. The van der Waals surface area contributed by atoms with Crippen molar-refractivity contribution in [3.63, 3.8) is 0 Å². The van der Waals surface area contributed by atoms with Crippen LogP contribution in [0.25, 0.3) is 6.08 Å². The Kier molecular flexibility index (Phi) is 9.04. The number of carbonyl (C=O) groups excluding carboxylic acids is 1. The quantitative estimate of drug-likeness (QED) is 0.368. The molecule has 0 bridgehead atoms. The van der Waals surface area contributed by atoms with E-state index in [1.165, 1.54) is 24.3 Å². The van der Waals surface area contributed by atoms with Crippen molar-refractivity contribution < 1.29 is 13.6 Å². The number of amides is 1. The summed E-state index contributed by atoms with van der Waals surface area (Å²) in [6, 6.07) is 21.9. The monoisotopic (exact) mass is 513 g/mol. The summed E-state index contributed by atoms with van der Waals surface area (Å²) in [5.74, 6) is -0.512. The Labute approximate surface area is 223 Å². The number of hydrogen-bond acceptors (Lipinski definition) is 3. The molecule has 1 unspecified atom stereocenters. The molecule has 0 aliphatic carbocycles. The van der Waals surface area contributed by atoms with E-state index < -0.39 is 6.04 Å². The molecule has 0 spiro atoms. The molecule has 1 saturated heterocycles. The van der Waals surface area contributed by atoms with Gasteiger partial charge in [0.1, 0.15) is 11.6 Å². The van der Waals surface area contributed by atoms with Crippen LogP contribution in [0.5, 0.6) is 0 Å². The Bertz CT molecular complexity index is 1220. The van der Waals surface area contributed by atoms with Gasteiger partial charge in [-0.1, -0.05) is 48.6 Å². The van der Waals surface area contributed by atoms with Crippen LogP contribution >= 0.6 is 0 Å². The molecule has 38 heavy (non-hydrogen) atoms. The summed E-state index contributed by atoms with van der Waals surface area (Å²) in [5.41, 5.74) is 3.21. The number of hydrogen-bond donors (Lipinski definition) is 1. The van der Waals surface area contributed by atoms with Gasteiger partial charge in [0.15, 0.2) is 0 Å². The first-order valence-electron chi connectivity index (χ1n) is 13.0. The molecular formula is C32H33F2N3O. The summed E-state index contributed by atoms with van der Waals surface area (Å²) in [6.07, 6.45) is 6.46. The Balaban J connectivity index is 1.35. The van der Waals surface area contributed by atoms with E-state index in [0.717, 1.165) is 36.1 Å². The first-order valence-corrected chi connectivity index (χ1v) is 13.0. The summed E-state index contributed by atoms with van der Waals surface area (Å²) >= 11 is 0. The molecule has 196 valence electrons. The summed E-state index contributed by atoms with van der Waals surface area (Å²) in [5, 5.41) is 12.1. The predicted octanol–water partition coefficient (Wildman–Crippen LogP) is 6.63. The lowest BCUT2D eigenvalue weighted by atomic mass is 9.84. The number of nitrogens with one attached hydrogen (secondary N) is 1. The number of piperidine rings is 1. The highest BCUT2D eigenvalue weighted by Gasteiger charge is 2.31. The highest BCUT2D eigenvalue weighted by Crippen LogP contribution is 2.31. The van der Waals surface area contributed by atoms with Crippen LogP contribution in [0.15, 0.2) is 78.9 Å². The summed E-state index contributed by atoms with van der Waals surface area (Å²) in [6.45, 7) is 5.23. The van der Waals surface area contributed by atoms with Gasteiger partial charge < -0.3 is 5.32 Å². The van der Waals surface area contributed by atoms with Crippen molar-refractivity contribution >= 4 is 12.0 Å². The molecule has 0 radical (unpaired) electrons. The molecule has 1 amide bonds. The molecule has 4 rings (SSSR count). The fourth-order valence-corrected chi connectivity index (χ4v) is 5.42. The van der Waals surface area contributed by atoms with E-state index in [-0.39, 0.29) is 23.5 Å². The molecule has 3 aromatic carbocycles. The number of nitriles is 1. The van der Waals surface area contributed by atoms with Crippen molar-refractivity contribution in [2.45, 2.75) is 51.2 Å². The zero-order valence-electron chi connectivity index (χ0n) is 21.8. The Morgan fingerprint density at radius 2 is 1.47 bits per heavy atom. The van der Waals surface area contributed by atoms with Crippen molar-refractivity contribution in [2.24, 2.45) is 5.92 Å². The molecule has 1 aliphatic heterocycles. The molecule has 1 fully saturated rings. The van der Waals surface area contributed by atoms with E-state index >= 15 is 0 Å². The smallest absolute Gasteiger partial charge is 0.221 e. The van der Waals surface area contributed by atoms with Gasteiger partial charge in [0.2, 0.25) is 5.91 Å². The highest BCUT2D eigenvalue weighted by atomic mass is 19.1. The molecule has 3 atom stereocenters. The normalized spacial score (nSPS) is 19.9. The average Bonchev–Trinajstić information content (AvgIpc) is 2.90. The van der Waals surface area contributed by atoms with Crippen molar-refractivity contribution in [3.05, 3.63) is 113 Å². The minimum absolute atomic E-state index is 0.0674. The molecular weight excluding hydrogens is 480 g/mol. The maximum atomic E-state index is 13.5. The minimum Gasteiger partial charge on any atom is -0.345 e. The van der Waals surface area contributed by atoms with E-state index in [2.05, 4.69) is 42.3 Å². The van der Waals surface area contributed by atoms with Gasteiger partial charge in [-0.15, -0.1) is 0 Å². The standard InChI is InChI=1S/C32H33F2N3O/c1-22-18-26(19-23(2)37(22)17-3-4-24-5-7-25(21-35)8-6-24)20-31(38)36-32(27-9-13-29(33)14-10-27)28-11-15-30(34)16-12-28/h3-16,22-23,26,32H,17-20H2,1-2H3,(H,36,38)/b4-3+/t22-,23+,26?. The van der Waals surface area contributed by atoms with Crippen LogP contribution in [0.1, 0.15) is 61.4 Å². The Morgan fingerprint density at radius 3 is 1.97 bits per heavy atom. The van der Waals surface area contributed by atoms with E-state index in [0.29, 0.717) is 24.1 Å². The lowest BCUT2D eigenvalue weighted by Gasteiger charge is -2.42. The predicted molar refractivity (Wildman–Crippen MR) is 146 cm³/mol. The molecule has 1 aliphatic rings. The van der Waals surface area contributed by atoms with Crippen LogP contribution in [0, 0.1) is 28.9 Å². The lowest BCUT2D eigenvalue weighted by Crippen LogP contribution is -2.47. The largest absolute Gasteiger partial charge is 0.345 e. The second-order valence-corrected chi connectivity index (χ2v) is 10.2. The number of halogens is 2. The molecule has 6 heteroatoms. The topological polar surface area (TPSA) is 56.1 Å². The molecule has 1 N–H and O–H groups in total. The van der Waals surface area contributed by atoms with Crippen LogP contribution < -0.4 is 5.32 Å². The van der Waals surface area contributed by atoms with Crippen molar-refractivity contribution in [3.8, 4) is 6.07 Å². The fourth-order valence-electron chi connectivity index (χ4n) is 5.42. The van der Waals surface area contributed by atoms with E-state index in [1.807, 2.05) is 24.3 Å². The van der Waals surface area contributed by atoms with Crippen LogP contribution in [0.3, 0.4) is 0 Å². The van der Waals surface area contributed by atoms with Gasteiger partial charge in [0, 0.05) is 25.0 Å². The molecule has 1 heterocycles. The average molecular weight is 514 g/mol. The Morgan fingerprint density at radius 1 is 0.947 bits per heavy atom. The van der Waals surface area contributed by atoms with Gasteiger partial charge in [0.25, 0.3) is 0 Å². The molecule has 0 saturated carbocycles. The Hall–Kier alpha value is -3.82. The van der Waals surface area contributed by atoms with Crippen molar-refractivity contribution in [1.82, 2.24) is 10.2 Å². The van der Waals surface area contributed by atoms with Crippen LogP contribution in [-0.4, -0.2) is 29.4 Å². The number of nitrogens with zero attached hydrogens (tertiary/aromatic N) is 2. The molecule has 3 aromatic rings. The minimum atomic E-state index is -0.481. The summed E-state index contributed by atoms with van der Waals surface area (Å²) in [4.78, 5) is 15.6. The first kappa shape index (κ1) is 27.2. The van der Waals surface area contributed by atoms with Gasteiger partial charge in [-0.05, 0) is 85.7 Å². The van der Waals surface area contributed by atoms with Crippen LogP contribution in [0.4, 0.5) is 8.78 Å². The lowest BCUT2D eigenvalue weighted by molar-refractivity contribution is -0.123. The number of benzene rings is 3. The first-order chi connectivity index (χ1) is 18.3. The number of rotatable bonds is 8.